The summed E-state index contributed by atoms with van der Waals surface area (Å²) >= 11 is 0. The van der Waals surface area contributed by atoms with Crippen LogP contribution in [0.25, 0.3) is 6.08 Å². The predicted molar refractivity (Wildman–Crippen MR) is 148 cm³/mol. The highest BCUT2D eigenvalue weighted by atomic mass is 19.1. The molecule has 0 aromatic heterocycles. The molecule has 8 heteroatoms. The summed E-state index contributed by atoms with van der Waals surface area (Å²) in [6.07, 6.45) is 3.07. The lowest BCUT2D eigenvalue weighted by Crippen LogP contribution is -2.32. The average Bonchev–Trinajstić information content (AvgIpc) is 2.90. The summed E-state index contributed by atoms with van der Waals surface area (Å²) in [7, 11) is 3.86. The summed E-state index contributed by atoms with van der Waals surface area (Å²) in [5, 5.41) is 6.63. The Kier molecular flexibility index (Phi) is 9.55. The second-order valence-corrected chi connectivity index (χ2v) is 8.47. The van der Waals surface area contributed by atoms with Crippen molar-refractivity contribution in [2.24, 2.45) is 5.10 Å². The molecule has 3 aromatic carbocycles. The first-order chi connectivity index (χ1) is 17.8. The van der Waals surface area contributed by atoms with Gasteiger partial charge in [-0.05, 0) is 73.5 Å². The molecule has 0 aliphatic carbocycles. The molecule has 0 aliphatic rings. The number of halogens is 1. The number of hydrogen-bond donors (Lipinski definition) is 2. The fourth-order valence-corrected chi connectivity index (χ4v) is 3.60. The maximum Gasteiger partial charge on any atom is 0.287 e. The van der Waals surface area contributed by atoms with E-state index in [2.05, 4.69) is 34.6 Å². The molecule has 3 aromatic rings. The van der Waals surface area contributed by atoms with Crippen LogP contribution in [-0.2, 0) is 4.79 Å². The summed E-state index contributed by atoms with van der Waals surface area (Å²) in [6.45, 7) is 6.02. The SMILES string of the molecule is CCN(CC)c1ccc(/C=N/NC(=O)/C(=C/c2ccc(N(C)C)cc2)NC(=O)c2cccc(F)c2)cc1. The normalized spacial score (nSPS) is 11.3. The Morgan fingerprint density at radius 3 is 2.11 bits per heavy atom. The van der Waals surface area contributed by atoms with Gasteiger partial charge in [-0.25, -0.2) is 9.82 Å². The van der Waals surface area contributed by atoms with Gasteiger partial charge in [-0.2, -0.15) is 5.10 Å². The fraction of sp³-hybridized carbons (Fsp3) is 0.207. The number of amides is 2. The summed E-state index contributed by atoms with van der Waals surface area (Å²) in [6, 6.07) is 20.5. The van der Waals surface area contributed by atoms with E-state index in [0.29, 0.717) is 5.56 Å². The molecule has 3 rings (SSSR count). The standard InChI is InChI=1S/C29H32FN5O2/c1-5-35(6-2)26-16-12-22(13-17-26)20-31-33-29(37)27(18-21-10-14-25(15-11-21)34(3)4)32-28(36)23-8-7-9-24(30)19-23/h7-20H,5-6H2,1-4H3,(H,32,36)(H,33,37)/b27-18-,31-20+. The number of nitrogens with zero attached hydrogens (tertiary/aromatic N) is 3. The minimum atomic E-state index is -0.613. The van der Waals surface area contributed by atoms with Gasteiger partial charge in [0.25, 0.3) is 11.8 Å². The van der Waals surface area contributed by atoms with Gasteiger partial charge in [-0.1, -0.05) is 30.3 Å². The topological polar surface area (TPSA) is 77.0 Å². The van der Waals surface area contributed by atoms with Crippen molar-refractivity contribution < 1.29 is 14.0 Å². The van der Waals surface area contributed by atoms with Gasteiger partial charge in [-0.15, -0.1) is 0 Å². The van der Waals surface area contributed by atoms with Crippen LogP contribution in [0.5, 0.6) is 0 Å². The molecule has 192 valence electrons. The first kappa shape index (κ1) is 27.1. The Hall–Kier alpha value is -4.46. The van der Waals surface area contributed by atoms with Gasteiger partial charge in [0.05, 0.1) is 6.21 Å². The molecule has 0 heterocycles. The second-order valence-electron chi connectivity index (χ2n) is 8.47. The zero-order valence-electron chi connectivity index (χ0n) is 21.5. The number of nitrogens with one attached hydrogen (secondary N) is 2. The number of hydrogen-bond acceptors (Lipinski definition) is 5. The maximum atomic E-state index is 13.6. The summed E-state index contributed by atoms with van der Waals surface area (Å²) < 4.78 is 13.6. The largest absolute Gasteiger partial charge is 0.378 e. The second kappa shape index (κ2) is 13.0. The van der Waals surface area contributed by atoms with Crippen LogP contribution in [0.4, 0.5) is 15.8 Å². The molecule has 0 bridgehead atoms. The van der Waals surface area contributed by atoms with Crippen LogP contribution in [0.3, 0.4) is 0 Å². The van der Waals surface area contributed by atoms with E-state index in [1.165, 1.54) is 24.4 Å². The monoisotopic (exact) mass is 501 g/mol. The highest BCUT2D eigenvalue weighted by Gasteiger charge is 2.15. The maximum absolute atomic E-state index is 13.6. The van der Waals surface area contributed by atoms with E-state index in [1.807, 2.05) is 67.5 Å². The summed E-state index contributed by atoms with van der Waals surface area (Å²) in [5.74, 6) is -1.77. The van der Waals surface area contributed by atoms with Crippen LogP contribution in [0, 0.1) is 5.82 Å². The molecular weight excluding hydrogens is 469 g/mol. The third-order valence-electron chi connectivity index (χ3n) is 5.70. The highest BCUT2D eigenvalue weighted by Crippen LogP contribution is 2.16. The summed E-state index contributed by atoms with van der Waals surface area (Å²) in [4.78, 5) is 29.9. The molecule has 0 unspecified atom stereocenters. The summed E-state index contributed by atoms with van der Waals surface area (Å²) in [5.41, 5.74) is 6.14. The molecule has 2 N–H and O–H groups in total. The van der Waals surface area contributed by atoms with Crippen molar-refractivity contribution in [3.8, 4) is 0 Å². The molecular formula is C29H32FN5O2. The van der Waals surface area contributed by atoms with E-state index >= 15 is 0 Å². The molecule has 0 radical (unpaired) electrons. The van der Waals surface area contributed by atoms with E-state index in [1.54, 1.807) is 6.08 Å². The van der Waals surface area contributed by atoms with Crippen molar-refractivity contribution in [1.82, 2.24) is 10.7 Å². The first-order valence-corrected chi connectivity index (χ1v) is 12.0. The van der Waals surface area contributed by atoms with Crippen molar-refractivity contribution in [2.45, 2.75) is 13.8 Å². The Balaban J connectivity index is 1.78. The minimum absolute atomic E-state index is 0.0269. The van der Waals surface area contributed by atoms with Crippen molar-refractivity contribution in [1.29, 1.82) is 0 Å². The minimum Gasteiger partial charge on any atom is -0.378 e. The van der Waals surface area contributed by atoms with Gasteiger partial charge >= 0.3 is 0 Å². The zero-order valence-corrected chi connectivity index (χ0v) is 21.5. The zero-order chi connectivity index (χ0) is 26.8. The quantitative estimate of drug-likeness (QED) is 0.241. The molecule has 0 aliphatic heterocycles. The molecule has 0 saturated heterocycles. The molecule has 37 heavy (non-hydrogen) atoms. The van der Waals surface area contributed by atoms with E-state index in [4.69, 9.17) is 0 Å². The molecule has 0 atom stereocenters. The van der Waals surface area contributed by atoms with Crippen LogP contribution in [0.1, 0.15) is 35.3 Å². The van der Waals surface area contributed by atoms with Crippen molar-refractivity contribution in [2.75, 3.05) is 37.0 Å². The molecule has 7 nitrogen and oxygen atoms in total. The van der Waals surface area contributed by atoms with Gasteiger partial charge in [0, 0.05) is 44.1 Å². The Morgan fingerprint density at radius 2 is 1.51 bits per heavy atom. The van der Waals surface area contributed by atoms with Crippen LogP contribution >= 0.6 is 0 Å². The number of carbonyl (C=O) groups is 2. The van der Waals surface area contributed by atoms with Crippen LogP contribution in [-0.4, -0.2) is 45.2 Å². The number of hydrazone groups is 1. The third kappa shape index (κ3) is 7.76. The van der Waals surface area contributed by atoms with E-state index in [0.717, 1.165) is 36.1 Å². The van der Waals surface area contributed by atoms with Crippen molar-refractivity contribution in [3.05, 3.63) is 101 Å². The Morgan fingerprint density at radius 1 is 0.892 bits per heavy atom. The lowest BCUT2D eigenvalue weighted by atomic mass is 10.1. The first-order valence-electron chi connectivity index (χ1n) is 12.0. The molecule has 0 fully saturated rings. The van der Waals surface area contributed by atoms with Crippen molar-refractivity contribution in [3.63, 3.8) is 0 Å². The van der Waals surface area contributed by atoms with E-state index in [9.17, 15) is 14.0 Å². The van der Waals surface area contributed by atoms with E-state index in [-0.39, 0.29) is 11.3 Å². The van der Waals surface area contributed by atoms with Gasteiger partial charge < -0.3 is 15.1 Å². The third-order valence-corrected chi connectivity index (χ3v) is 5.70. The number of benzene rings is 3. The van der Waals surface area contributed by atoms with Crippen LogP contribution < -0.4 is 20.5 Å². The van der Waals surface area contributed by atoms with E-state index < -0.39 is 17.6 Å². The number of carbonyl (C=O) groups excluding carboxylic acids is 2. The Labute approximate surface area is 217 Å². The average molecular weight is 502 g/mol. The van der Waals surface area contributed by atoms with Gasteiger partial charge in [0.1, 0.15) is 11.5 Å². The molecule has 0 saturated carbocycles. The predicted octanol–water partition coefficient (Wildman–Crippen LogP) is 4.66. The fourth-order valence-electron chi connectivity index (χ4n) is 3.60. The van der Waals surface area contributed by atoms with Gasteiger partial charge in [-0.3, -0.25) is 9.59 Å². The smallest absolute Gasteiger partial charge is 0.287 e. The number of rotatable bonds is 10. The van der Waals surface area contributed by atoms with Crippen molar-refractivity contribution >= 4 is 35.5 Å². The van der Waals surface area contributed by atoms with Crippen LogP contribution in [0.15, 0.2) is 83.6 Å². The van der Waals surface area contributed by atoms with Gasteiger partial charge in [0.2, 0.25) is 0 Å². The van der Waals surface area contributed by atoms with Crippen LogP contribution in [0.2, 0.25) is 0 Å². The lowest BCUT2D eigenvalue weighted by molar-refractivity contribution is -0.117. The Bertz CT molecular complexity index is 1260. The van der Waals surface area contributed by atoms with Gasteiger partial charge in [0.15, 0.2) is 0 Å². The molecule has 0 spiro atoms. The lowest BCUT2D eigenvalue weighted by Gasteiger charge is -2.20. The highest BCUT2D eigenvalue weighted by molar-refractivity contribution is 6.05. The number of anilines is 2. The molecule has 2 amide bonds.